The van der Waals surface area contributed by atoms with Gasteiger partial charge in [0.25, 0.3) is 0 Å². The highest BCUT2D eigenvalue weighted by atomic mass is 35.5. The van der Waals surface area contributed by atoms with Gasteiger partial charge in [0.05, 0.1) is 12.3 Å². The van der Waals surface area contributed by atoms with Crippen molar-refractivity contribution in [2.45, 2.75) is 18.3 Å². The molecule has 0 aliphatic carbocycles. The van der Waals surface area contributed by atoms with E-state index in [-0.39, 0.29) is 11.9 Å². The van der Waals surface area contributed by atoms with Gasteiger partial charge in [-0.05, 0) is 33.2 Å². The van der Waals surface area contributed by atoms with Crippen LogP contribution in [0.25, 0.3) is 0 Å². The van der Waals surface area contributed by atoms with Gasteiger partial charge in [-0.15, -0.1) is 11.6 Å². The average molecular weight is 245 g/mol. The van der Waals surface area contributed by atoms with Crippen LogP contribution >= 0.6 is 11.6 Å². The van der Waals surface area contributed by atoms with Gasteiger partial charge in [-0.2, -0.15) is 0 Å². The second-order valence-electron chi connectivity index (χ2n) is 3.86. The van der Waals surface area contributed by atoms with Gasteiger partial charge in [0, 0.05) is 6.54 Å². The molecule has 0 aliphatic heterocycles. The van der Waals surface area contributed by atoms with Crippen molar-refractivity contribution in [1.29, 1.82) is 0 Å². The van der Waals surface area contributed by atoms with Crippen molar-refractivity contribution >= 4 is 17.5 Å². The van der Waals surface area contributed by atoms with E-state index in [0.29, 0.717) is 6.54 Å². The highest BCUT2D eigenvalue weighted by Crippen LogP contribution is 2.17. The number of carbonyl (C=O) groups is 1. The summed E-state index contributed by atoms with van der Waals surface area (Å²) in [7, 11) is 3.87. The van der Waals surface area contributed by atoms with Gasteiger partial charge in [0.2, 0.25) is 5.91 Å². The molecule has 1 heterocycles. The normalized spacial score (nSPS) is 14.8. The molecule has 90 valence electrons. The Morgan fingerprint density at radius 3 is 2.75 bits per heavy atom. The Hall–Kier alpha value is -1.00. The molecule has 4 nitrogen and oxygen atoms in total. The van der Waals surface area contributed by atoms with Crippen molar-refractivity contribution in [3.63, 3.8) is 0 Å². The molecule has 1 rings (SSSR count). The van der Waals surface area contributed by atoms with Gasteiger partial charge in [0.1, 0.15) is 11.1 Å². The number of furan rings is 1. The van der Waals surface area contributed by atoms with Crippen LogP contribution in [0, 0.1) is 0 Å². The molecular formula is C11H17ClN2O2. The molecule has 0 saturated heterocycles. The first kappa shape index (κ1) is 13.1. The SMILES string of the molecule is CC(Cl)C(=O)NCC(c1ccco1)N(C)C. The number of hydrogen-bond donors (Lipinski definition) is 1. The highest BCUT2D eigenvalue weighted by Gasteiger charge is 2.18. The fraction of sp³-hybridized carbons (Fsp3) is 0.545. The third-order valence-corrected chi connectivity index (χ3v) is 2.52. The lowest BCUT2D eigenvalue weighted by atomic mass is 10.2. The predicted octanol–water partition coefficient (Wildman–Crippen LogP) is 1.63. The van der Waals surface area contributed by atoms with Crippen LogP contribution in [0.1, 0.15) is 18.7 Å². The Morgan fingerprint density at radius 2 is 2.31 bits per heavy atom. The van der Waals surface area contributed by atoms with Crippen LogP contribution in [-0.4, -0.2) is 36.8 Å². The summed E-state index contributed by atoms with van der Waals surface area (Å²) in [6, 6.07) is 3.74. The molecule has 0 spiro atoms. The van der Waals surface area contributed by atoms with E-state index < -0.39 is 5.38 Å². The van der Waals surface area contributed by atoms with Crippen molar-refractivity contribution in [2.75, 3.05) is 20.6 Å². The zero-order valence-electron chi connectivity index (χ0n) is 9.74. The number of hydrogen-bond acceptors (Lipinski definition) is 3. The number of nitrogens with one attached hydrogen (secondary N) is 1. The number of carbonyl (C=O) groups excluding carboxylic acids is 1. The van der Waals surface area contributed by atoms with E-state index >= 15 is 0 Å². The smallest absolute Gasteiger partial charge is 0.237 e. The number of rotatable bonds is 5. The molecule has 0 aliphatic rings. The molecule has 0 radical (unpaired) electrons. The number of amides is 1. The van der Waals surface area contributed by atoms with Crippen LogP contribution in [0.4, 0.5) is 0 Å². The molecule has 1 N–H and O–H groups in total. The van der Waals surface area contributed by atoms with E-state index in [1.807, 2.05) is 31.1 Å². The van der Waals surface area contributed by atoms with Crippen molar-refractivity contribution in [3.8, 4) is 0 Å². The zero-order valence-corrected chi connectivity index (χ0v) is 10.5. The van der Waals surface area contributed by atoms with Crippen LogP contribution < -0.4 is 5.32 Å². The summed E-state index contributed by atoms with van der Waals surface area (Å²) in [5.74, 6) is 0.660. The predicted molar refractivity (Wildman–Crippen MR) is 63.5 cm³/mol. The Kier molecular flexibility index (Phi) is 4.83. The van der Waals surface area contributed by atoms with Crippen molar-refractivity contribution < 1.29 is 9.21 Å². The molecule has 1 aromatic rings. The molecule has 1 aromatic heterocycles. The summed E-state index contributed by atoms with van der Waals surface area (Å²) < 4.78 is 5.32. The minimum Gasteiger partial charge on any atom is -0.468 e. The van der Waals surface area contributed by atoms with Gasteiger partial charge >= 0.3 is 0 Å². The van der Waals surface area contributed by atoms with E-state index in [9.17, 15) is 4.79 Å². The Labute approximate surface area is 101 Å². The Balaban J connectivity index is 2.57. The van der Waals surface area contributed by atoms with Gasteiger partial charge < -0.3 is 9.73 Å². The van der Waals surface area contributed by atoms with E-state index in [0.717, 1.165) is 5.76 Å². The lowest BCUT2D eigenvalue weighted by Gasteiger charge is -2.22. The maximum absolute atomic E-state index is 11.3. The summed E-state index contributed by atoms with van der Waals surface area (Å²) in [4.78, 5) is 13.3. The molecule has 0 bridgehead atoms. The number of alkyl halides is 1. The molecule has 16 heavy (non-hydrogen) atoms. The third kappa shape index (κ3) is 3.54. The first-order valence-electron chi connectivity index (χ1n) is 5.14. The lowest BCUT2D eigenvalue weighted by Crippen LogP contribution is -2.37. The maximum Gasteiger partial charge on any atom is 0.237 e. The van der Waals surface area contributed by atoms with Crippen molar-refractivity contribution in [3.05, 3.63) is 24.2 Å². The van der Waals surface area contributed by atoms with E-state index in [1.165, 1.54) is 0 Å². The summed E-state index contributed by atoms with van der Waals surface area (Å²) in [6.07, 6.45) is 1.62. The van der Waals surface area contributed by atoms with E-state index in [4.69, 9.17) is 16.0 Å². The molecule has 5 heteroatoms. The van der Waals surface area contributed by atoms with Crippen LogP contribution in [0.5, 0.6) is 0 Å². The third-order valence-electron chi connectivity index (χ3n) is 2.33. The highest BCUT2D eigenvalue weighted by molar-refractivity contribution is 6.30. The first-order chi connectivity index (χ1) is 7.52. The van der Waals surface area contributed by atoms with E-state index in [1.54, 1.807) is 13.2 Å². The summed E-state index contributed by atoms with van der Waals surface area (Å²) in [5.41, 5.74) is 0. The second-order valence-corrected chi connectivity index (χ2v) is 4.51. The van der Waals surface area contributed by atoms with Crippen LogP contribution in [0.15, 0.2) is 22.8 Å². The molecule has 0 saturated carbocycles. The van der Waals surface area contributed by atoms with Crippen LogP contribution in [0.2, 0.25) is 0 Å². The standard InChI is InChI=1S/C11H17ClN2O2/c1-8(12)11(15)13-7-9(14(2)3)10-5-4-6-16-10/h4-6,8-9H,7H2,1-3H3,(H,13,15). The fourth-order valence-corrected chi connectivity index (χ4v) is 1.43. The molecule has 0 aromatic carbocycles. The van der Waals surface area contributed by atoms with Crippen molar-refractivity contribution in [2.24, 2.45) is 0 Å². The zero-order chi connectivity index (χ0) is 12.1. The minimum absolute atomic E-state index is 0.0226. The minimum atomic E-state index is -0.514. The number of likely N-dealkylation sites (N-methyl/N-ethyl adjacent to an activating group) is 1. The van der Waals surface area contributed by atoms with Crippen LogP contribution in [0.3, 0.4) is 0 Å². The van der Waals surface area contributed by atoms with Crippen molar-refractivity contribution in [1.82, 2.24) is 10.2 Å². The number of halogens is 1. The molecule has 0 fully saturated rings. The van der Waals surface area contributed by atoms with E-state index in [2.05, 4.69) is 5.32 Å². The largest absolute Gasteiger partial charge is 0.468 e. The lowest BCUT2D eigenvalue weighted by molar-refractivity contribution is -0.120. The van der Waals surface area contributed by atoms with Gasteiger partial charge in [0.15, 0.2) is 0 Å². The molecule has 2 unspecified atom stereocenters. The average Bonchev–Trinajstić information content (AvgIpc) is 2.70. The topological polar surface area (TPSA) is 45.5 Å². The molecular weight excluding hydrogens is 228 g/mol. The molecule has 2 atom stereocenters. The summed E-state index contributed by atoms with van der Waals surface area (Å²) >= 11 is 5.67. The van der Waals surface area contributed by atoms with Gasteiger partial charge in [-0.1, -0.05) is 0 Å². The Morgan fingerprint density at radius 1 is 1.62 bits per heavy atom. The quantitative estimate of drug-likeness (QED) is 0.801. The monoisotopic (exact) mass is 244 g/mol. The molecule has 1 amide bonds. The summed E-state index contributed by atoms with van der Waals surface area (Å²) in [5, 5.41) is 2.26. The second kappa shape index (κ2) is 5.92. The first-order valence-corrected chi connectivity index (χ1v) is 5.57. The van der Waals surface area contributed by atoms with Gasteiger partial charge in [-0.3, -0.25) is 9.69 Å². The van der Waals surface area contributed by atoms with Gasteiger partial charge in [-0.25, -0.2) is 0 Å². The summed E-state index contributed by atoms with van der Waals surface area (Å²) in [6.45, 7) is 2.13. The van der Waals surface area contributed by atoms with Crippen LogP contribution in [-0.2, 0) is 4.79 Å². The Bertz CT molecular complexity index is 323. The number of nitrogens with zero attached hydrogens (tertiary/aromatic N) is 1. The fourth-order valence-electron chi connectivity index (χ4n) is 1.36. The maximum atomic E-state index is 11.3.